The Bertz CT molecular complexity index is 1670. The molecule has 2 aliphatic heterocycles. The number of rotatable bonds is 8. The van der Waals surface area contributed by atoms with Crippen molar-refractivity contribution in [2.45, 2.75) is 35.6 Å². The second-order valence-corrected chi connectivity index (χ2v) is 11.9. The van der Waals surface area contributed by atoms with E-state index in [0.717, 1.165) is 39.5 Å². The number of furan rings is 1. The van der Waals surface area contributed by atoms with Crippen LogP contribution in [0.15, 0.2) is 63.6 Å². The van der Waals surface area contributed by atoms with Crippen LogP contribution in [0.3, 0.4) is 0 Å². The molecule has 1 fully saturated rings. The number of methoxy groups -OCH3 is 2. The van der Waals surface area contributed by atoms with Crippen LogP contribution in [0.5, 0.6) is 11.5 Å². The molecular formula is C29H27BN4O5S2. The van der Waals surface area contributed by atoms with Crippen molar-refractivity contribution in [2.24, 2.45) is 0 Å². The van der Waals surface area contributed by atoms with E-state index in [1.807, 2.05) is 41.2 Å². The van der Waals surface area contributed by atoms with E-state index in [2.05, 4.69) is 22.9 Å². The zero-order valence-corrected chi connectivity index (χ0v) is 24.2. The Kier molecular flexibility index (Phi) is 6.94. The molecule has 0 saturated carbocycles. The van der Waals surface area contributed by atoms with E-state index in [4.69, 9.17) is 41.2 Å². The molecule has 5 heterocycles. The number of fused-ring (bicyclic) bond motifs is 2. The van der Waals surface area contributed by atoms with Gasteiger partial charge >= 0.3 is 0 Å². The third-order valence-corrected chi connectivity index (χ3v) is 9.66. The van der Waals surface area contributed by atoms with Crippen LogP contribution in [0.2, 0.25) is 0 Å². The molecule has 0 bridgehead atoms. The molecule has 2 aliphatic rings. The topological polar surface area (TPSA) is 92.8 Å². The predicted molar refractivity (Wildman–Crippen MR) is 159 cm³/mol. The fourth-order valence-corrected chi connectivity index (χ4v) is 7.24. The highest BCUT2D eigenvalue weighted by atomic mass is 32.2. The third-order valence-electron chi connectivity index (χ3n) is 7.55. The monoisotopic (exact) mass is 586 g/mol. The van der Waals surface area contributed by atoms with Crippen LogP contribution in [0, 0.1) is 0 Å². The van der Waals surface area contributed by atoms with Crippen LogP contribution in [-0.2, 0) is 21.5 Å². The molecule has 0 spiro atoms. The Balaban J connectivity index is 1.15. The van der Waals surface area contributed by atoms with Gasteiger partial charge in [0.1, 0.15) is 42.2 Å². The first-order valence-electron chi connectivity index (χ1n) is 13.2. The van der Waals surface area contributed by atoms with E-state index >= 15 is 0 Å². The lowest BCUT2D eigenvalue weighted by molar-refractivity contribution is 0.0629. The van der Waals surface area contributed by atoms with Crippen molar-refractivity contribution in [1.29, 1.82) is 0 Å². The molecule has 2 radical (unpaired) electrons. The van der Waals surface area contributed by atoms with E-state index in [1.165, 1.54) is 17.3 Å². The summed E-state index contributed by atoms with van der Waals surface area (Å²) in [6.45, 7) is 1.70. The lowest BCUT2D eigenvalue weighted by Crippen LogP contribution is -2.35. The van der Waals surface area contributed by atoms with Gasteiger partial charge in [-0.2, -0.15) is 0 Å². The number of thiazole rings is 1. The minimum atomic E-state index is -0.196. The van der Waals surface area contributed by atoms with E-state index < -0.39 is 0 Å². The Labute approximate surface area is 246 Å². The Morgan fingerprint density at radius 2 is 1.95 bits per heavy atom. The van der Waals surface area contributed by atoms with Gasteiger partial charge in [-0.05, 0) is 36.2 Å². The molecule has 3 aromatic heterocycles. The van der Waals surface area contributed by atoms with Gasteiger partial charge in [-0.15, -0.1) is 11.3 Å². The van der Waals surface area contributed by atoms with Gasteiger partial charge in [-0.1, -0.05) is 29.7 Å². The van der Waals surface area contributed by atoms with Gasteiger partial charge in [0, 0.05) is 37.8 Å². The maximum atomic E-state index is 6.35. The largest absolute Gasteiger partial charge is 0.496 e. The SMILES string of the molecule is [B]c1ccc(C2(c3nc(COc4cc(OC)cc5oc(-c6cn7c(n6)SC(OC)N7)cc45)cs3)CCOCC2)cc1. The zero-order chi connectivity index (χ0) is 28.0. The second kappa shape index (κ2) is 10.8. The Morgan fingerprint density at radius 3 is 2.71 bits per heavy atom. The van der Waals surface area contributed by atoms with Crippen molar-refractivity contribution >= 4 is 47.4 Å². The number of nitrogens with zero attached hydrogens (tertiary/aromatic N) is 3. The highest BCUT2D eigenvalue weighted by Gasteiger charge is 2.39. The third kappa shape index (κ3) is 4.88. The van der Waals surface area contributed by atoms with Gasteiger partial charge in [0.25, 0.3) is 0 Å². The summed E-state index contributed by atoms with van der Waals surface area (Å²) < 4.78 is 31.0. The fraction of sp³-hybridized carbons (Fsp3) is 0.310. The van der Waals surface area contributed by atoms with Gasteiger partial charge in [0.15, 0.2) is 16.5 Å². The number of nitrogens with one attached hydrogen (secondary N) is 1. The molecule has 2 aromatic carbocycles. The summed E-state index contributed by atoms with van der Waals surface area (Å²) in [4.78, 5) is 9.75. The maximum Gasteiger partial charge on any atom is 0.196 e. The number of imidazole rings is 1. The van der Waals surface area contributed by atoms with Crippen molar-refractivity contribution < 1.29 is 23.4 Å². The lowest BCUT2D eigenvalue weighted by atomic mass is 9.74. The number of hydrogen-bond acceptors (Lipinski definition) is 10. The molecule has 41 heavy (non-hydrogen) atoms. The average Bonchev–Trinajstić information content (AvgIpc) is 3.79. The minimum absolute atomic E-state index is 0.162. The highest BCUT2D eigenvalue weighted by molar-refractivity contribution is 7.99. The van der Waals surface area contributed by atoms with E-state index in [0.29, 0.717) is 48.4 Å². The molecule has 1 saturated heterocycles. The predicted octanol–water partition coefficient (Wildman–Crippen LogP) is 4.81. The fourth-order valence-electron chi connectivity index (χ4n) is 5.33. The van der Waals surface area contributed by atoms with Crippen LogP contribution in [0.25, 0.3) is 22.4 Å². The summed E-state index contributed by atoms with van der Waals surface area (Å²) in [5.74, 6) is 1.93. The quantitative estimate of drug-likeness (QED) is 0.257. The van der Waals surface area contributed by atoms with Crippen molar-refractivity contribution in [3.05, 3.63) is 70.3 Å². The Morgan fingerprint density at radius 1 is 1.12 bits per heavy atom. The van der Waals surface area contributed by atoms with Crippen LogP contribution in [0.1, 0.15) is 29.1 Å². The number of hydrogen-bond donors (Lipinski definition) is 1. The molecule has 208 valence electrons. The summed E-state index contributed by atoms with van der Waals surface area (Å²) in [7, 11) is 9.26. The molecule has 0 amide bonds. The molecule has 5 aromatic rings. The maximum absolute atomic E-state index is 6.35. The summed E-state index contributed by atoms with van der Waals surface area (Å²) in [5, 5.41) is 4.79. The molecule has 1 atom stereocenters. The molecule has 1 unspecified atom stereocenters. The average molecular weight is 587 g/mol. The first-order chi connectivity index (χ1) is 20.0. The number of aromatic nitrogens is 3. The minimum Gasteiger partial charge on any atom is -0.496 e. The van der Waals surface area contributed by atoms with Gasteiger partial charge in [-0.25, -0.2) is 14.6 Å². The molecule has 7 rings (SSSR count). The molecule has 9 nitrogen and oxygen atoms in total. The number of thioether (sulfide) groups is 1. The summed E-state index contributed by atoms with van der Waals surface area (Å²) >= 11 is 3.16. The van der Waals surface area contributed by atoms with Gasteiger partial charge in [-0.3, -0.25) is 5.43 Å². The van der Waals surface area contributed by atoms with Crippen molar-refractivity contribution in [3.63, 3.8) is 0 Å². The summed E-state index contributed by atoms with van der Waals surface area (Å²) in [6.07, 6.45) is 3.63. The van der Waals surface area contributed by atoms with E-state index in [-0.39, 0.29) is 11.0 Å². The summed E-state index contributed by atoms with van der Waals surface area (Å²) in [6, 6.07) is 13.8. The Hall–Kier alpha value is -3.45. The van der Waals surface area contributed by atoms with Crippen LogP contribution < -0.4 is 20.4 Å². The molecule has 0 aliphatic carbocycles. The highest BCUT2D eigenvalue weighted by Crippen LogP contribution is 2.43. The lowest BCUT2D eigenvalue weighted by Gasteiger charge is -2.36. The van der Waals surface area contributed by atoms with Gasteiger partial charge in [0.2, 0.25) is 0 Å². The number of ether oxygens (including phenoxy) is 4. The van der Waals surface area contributed by atoms with Crippen molar-refractivity contribution in [3.8, 4) is 23.0 Å². The normalized spacial score (nSPS) is 17.9. The first kappa shape index (κ1) is 26.5. The zero-order valence-electron chi connectivity index (χ0n) is 22.6. The molecule has 1 N–H and O–H groups in total. The van der Waals surface area contributed by atoms with Crippen molar-refractivity contribution in [1.82, 2.24) is 14.6 Å². The van der Waals surface area contributed by atoms with Crippen LogP contribution in [-0.4, -0.2) is 55.5 Å². The van der Waals surface area contributed by atoms with Crippen LogP contribution >= 0.6 is 23.1 Å². The molecular weight excluding hydrogens is 559 g/mol. The molecule has 12 heteroatoms. The number of benzene rings is 2. The van der Waals surface area contributed by atoms with E-state index in [1.54, 1.807) is 25.6 Å². The van der Waals surface area contributed by atoms with Crippen LogP contribution in [0.4, 0.5) is 0 Å². The summed E-state index contributed by atoms with van der Waals surface area (Å²) in [5.41, 5.74) is 7.05. The van der Waals surface area contributed by atoms with Gasteiger partial charge in [0.05, 0.1) is 29.8 Å². The van der Waals surface area contributed by atoms with Crippen molar-refractivity contribution in [2.75, 3.05) is 32.9 Å². The second-order valence-electron chi connectivity index (χ2n) is 9.99. The van der Waals surface area contributed by atoms with Gasteiger partial charge < -0.3 is 23.4 Å². The standard InChI is InChI=1S/C29H27BN4O5S2/c1-35-20-11-23(21-13-25(39-24(21)12-20)22-14-34-27(32-22)41-28(33-34)36-2)38-15-19-16-40-26(31-19)29(7-9-37-10-8-29)17-3-5-18(30)6-4-17/h3-6,11-14,16,28,33H,7-10,15H2,1-2H3. The van der Waals surface area contributed by atoms with E-state index in [9.17, 15) is 0 Å². The first-order valence-corrected chi connectivity index (χ1v) is 15.0. The smallest absolute Gasteiger partial charge is 0.196 e.